The number of nitrogens with one attached hydrogen (secondary N) is 1. The third-order valence-corrected chi connectivity index (χ3v) is 5.57. The van der Waals surface area contributed by atoms with Gasteiger partial charge in [0.1, 0.15) is 36.9 Å². The second kappa shape index (κ2) is 8.38. The van der Waals surface area contributed by atoms with E-state index in [1.165, 1.54) is 4.90 Å². The van der Waals surface area contributed by atoms with Crippen LogP contribution in [0.1, 0.15) is 27.0 Å². The van der Waals surface area contributed by atoms with Crippen molar-refractivity contribution in [3.8, 4) is 23.0 Å². The van der Waals surface area contributed by atoms with Crippen molar-refractivity contribution in [2.24, 2.45) is 0 Å². The number of methoxy groups -OCH3 is 2. The maximum absolute atomic E-state index is 13.1. The maximum atomic E-state index is 13.1. The fourth-order valence-electron chi connectivity index (χ4n) is 3.92. The third-order valence-electron chi connectivity index (χ3n) is 5.57. The Morgan fingerprint density at radius 2 is 1.93 bits per heavy atom. The first-order chi connectivity index (χ1) is 14.5. The lowest BCUT2D eigenvalue weighted by molar-refractivity contribution is -0.921. The summed E-state index contributed by atoms with van der Waals surface area (Å²) in [6, 6.07) is 7.01. The molecule has 0 aliphatic carbocycles. The molecule has 0 aromatic heterocycles. The maximum Gasteiger partial charge on any atom is 0.232 e. The summed E-state index contributed by atoms with van der Waals surface area (Å²) in [5, 5.41) is 10.6. The Morgan fingerprint density at radius 1 is 1.17 bits per heavy atom. The highest BCUT2D eigenvalue weighted by Crippen LogP contribution is 2.42. The number of phenols is 1. The quantitative estimate of drug-likeness (QED) is 0.729. The van der Waals surface area contributed by atoms with Gasteiger partial charge in [-0.2, -0.15) is 0 Å². The predicted octanol–water partition coefficient (Wildman–Crippen LogP) is 1.75. The van der Waals surface area contributed by atoms with Crippen LogP contribution in [0, 0.1) is 6.92 Å². The van der Waals surface area contributed by atoms with Gasteiger partial charge in [-0.3, -0.25) is 4.79 Å². The van der Waals surface area contributed by atoms with Crippen LogP contribution in [0.5, 0.6) is 23.0 Å². The molecule has 2 N–H and O–H groups in total. The number of carbonyl (C=O) groups excluding carboxylic acids is 1. The van der Waals surface area contributed by atoms with Gasteiger partial charge < -0.3 is 29.0 Å². The molecule has 7 nitrogen and oxygen atoms in total. The van der Waals surface area contributed by atoms with Gasteiger partial charge in [0.25, 0.3) is 0 Å². The fourth-order valence-corrected chi connectivity index (χ4v) is 3.92. The number of benzene rings is 2. The van der Waals surface area contributed by atoms with Crippen LogP contribution in [-0.2, 0) is 11.3 Å². The van der Waals surface area contributed by atoms with E-state index in [0.29, 0.717) is 59.3 Å². The van der Waals surface area contributed by atoms with Gasteiger partial charge in [-0.1, -0.05) is 0 Å². The van der Waals surface area contributed by atoms with E-state index in [9.17, 15) is 9.90 Å². The Hall–Kier alpha value is -3.03. The van der Waals surface area contributed by atoms with E-state index in [0.717, 1.165) is 13.1 Å². The smallest absolute Gasteiger partial charge is 0.232 e. The Morgan fingerprint density at radius 3 is 2.63 bits per heavy atom. The number of phenolic OH excluding ortho intramolecular Hbond substituents is 1. The van der Waals surface area contributed by atoms with E-state index < -0.39 is 0 Å². The van der Waals surface area contributed by atoms with Crippen LogP contribution < -0.4 is 19.1 Å². The summed E-state index contributed by atoms with van der Waals surface area (Å²) in [4.78, 5) is 14.4. The Kier molecular flexibility index (Phi) is 5.65. The van der Waals surface area contributed by atoms with Crippen molar-refractivity contribution >= 4 is 11.9 Å². The molecule has 1 fully saturated rings. The lowest BCUT2D eigenvalue weighted by Gasteiger charge is -2.24. The number of ketones is 1. The molecule has 2 aromatic carbocycles. The number of morpholine rings is 1. The summed E-state index contributed by atoms with van der Waals surface area (Å²) in [5.41, 5.74) is 2.56. The predicted molar refractivity (Wildman–Crippen MR) is 111 cm³/mol. The first-order valence-electron chi connectivity index (χ1n) is 9.95. The van der Waals surface area contributed by atoms with E-state index in [2.05, 4.69) is 0 Å². The van der Waals surface area contributed by atoms with Crippen LogP contribution in [0.25, 0.3) is 6.08 Å². The molecular formula is C23H26NO6+. The minimum Gasteiger partial charge on any atom is -0.507 e. The molecule has 30 heavy (non-hydrogen) atoms. The van der Waals surface area contributed by atoms with E-state index in [1.807, 2.05) is 13.0 Å². The summed E-state index contributed by atoms with van der Waals surface area (Å²) in [5.74, 6) is 1.86. The second-order valence-corrected chi connectivity index (χ2v) is 7.48. The van der Waals surface area contributed by atoms with Crippen molar-refractivity contribution in [3.05, 3.63) is 52.3 Å². The number of fused-ring (bicyclic) bond motifs is 1. The monoisotopic (exact) mass is 412 g/mol. The van der Waals surface area contributed by atoms with Crippen molar-refractivity contribution in [2.75, 3.05) is 40.5 Å². The highest BCUT2D eigenvalue weighted by atomic mass is 16.5. The molecule has 0 amide bonds. The number of aromatic hydroxyl groups is 1. The van der Waals surface area contributed by atoms with Crippen molar-refractivity contribution in [1.82, 2.24) is 0 Å². The molecule has 0 radical (unpaired) electrons. The van der Waals surface area contributed by atoms with E-state index in [1.54, 1.807) is 38.5 Å². The first-order valence-corrected chi connectivity index (χ1v) is 9.95. The molecule has 0 unspecified atom stereocenters. The summed E-state index contributed by atoms with van der Waals surface area (Å²) >= 11 is 0. The zero-order valence-corrected chi connectivity index (χ0v) is 17.4. The third kappa shape index (κ3) is 3.74. The molecular weight excluding hydrogens is 386 g/mol. The standard InChI is InChI=1S/C23H25NO6/c1-14-10-18(25)17(13-24-6-8-29-9-7-24)23-21(14)22(26)20(30-23)11-15-4-5-16(27-2)12-19(15)28-3/h4-5,10-12,25H,6-9,13H2,1-3H3/p+1/b20-11-. The number of aryl methyl sites for hydroxylation is 1. The number of rotatable bonds is 5. The molecule has 0 bridgehead atoms. The molecule has 158 valence electrons. The van der Waals surface area contributed by atoms with Crippen LogP contribution in [0.2, 0.25) is 0 Å². The first kappa shape index (κ1) is 20.3. The number of quaternary nitrogens is 1. The Labute approximate surface area is 175 Å². The number of hydrogen-bond acceptors (Lipinski definition) is 6. The molecule has 4 rings (SSSR count). The average Bonchev–Trinajstić information content (AvgIpc) is 3.08. The lowest BCUT2D eigenvalue weighted by atomic mass is 9.99. The molecule has 0 saturated carbocycles. The average molecular weight is 412 g/mol. The zero-order chi connectivity index (χ0) is 21.3. The van der Waals surface area contributed by atoms with Gasteiger partial charge in [-0.15, -0.1) is 0 Å². The lowest BCUT2D eigenvalue weighted by Crippen LogP contribution is -3.12. The van der Waals surface area contributed by atoms with Crippen molar-refractivity contribution in [3.63, 3.8) is 0 Å². The number of allylic oxidation sites excluding steroid dienone is 1. The van der Waals surface area contributed by atoms with Gasteiger partial charge in [0.15, 0.2) is 11.5 Å². The van der Waals surface area contributed by atoms with E-state index in [-0.39, 0.29) is 17.3 Å². The van der Waals surface area contributed by atoms with E-state index in [4.69, 9.17) is 18.9 Å². The van der Waals surface area contributed by atoms with Gasteiger partial charge in [0, 0.05) is 11.6 Å². The molecule has 2 aliphatic rings. The topological polar surface area (TPSA) is 78.7 Å². The highest BCUT2D eigenvalue weighted by molar-refractivity contribution is 6.16. The number of ether oxygens (including phenoxy) is 4. The number of hydrogen-bond donors (Lipinski definition) is 2. The molecule has 2 aliphatic heterocycles. The van der Waals surface area contributed by atoms with Crippen LogP contribution in [-0.4, -0.2) is 51.4 Å². The summed E-state index contributed by atoms with van der Waals surface area (Å²) in [6.07, 6.45) is 1.67. The molecule has 2 aromatic rings. The molecule has 1 saturated heterocycles. The van der Waals surface area contributed by atoms with Crippen molar-refractivity contribution in [2.45, 2.75) is 13.5 Å². The summed E-state index contributed by atoms with van der Waals surface area (Å²) in [6.45, 7) is 5.45. The number of carbonyl (C=O) groups is 1. The van der Waals surface area contributed by atoms with Crippen molar-refractivity contribution in [1.29, 1.82) is 0 Å². The normalized spacial score (nSPS) is 17.7. The van der Waals surface area contributed by atoms with Gasteiger partial charge in [0.05, 0.1) is 38.6 Å². The molecule has 0 spiro atoms. The van der Waals surface area contributed by atoms with Gasteiger partial charge in [-0.05, 0) is 36.8 Å². The number of Topliss-reactive ketones (excluding diaryl/α,β-unsaturated/α-hetero) is 1. The zero-order valence-electron chi connectivity index (χ0n) is 17.4. The highest BCUT2D eigenvalue weighted by Gasteiger charge is 2.35. The minimum atomic E-state index is -0.196. The van der Waals surface area contributed by atoms with Gasteiger partial charge >= 0.3 is 0 Å². The van der Waals surface area contributed by atoms with Gasteiger partial charge in [0.2, 0.25) is 5.78 Å². The largest absolute Gasteiger partial charge is 0.507 e. The van der Waals surface area contributed by atoms with Crippen LogP contribution in [0.4, 0.5) is 0 Å². The fraction of sp³-hybridized carbons (Fsp3) is 0.348. The summed E-state index contributed by atoms with van der Waals surface area (Å²) in [7, 11) is 3.15. The van der Waals surface area contributed by atoms with Crippen LogP contribution in [0.15, 0.2) is 30.0 Å². The second-order valence-electron chi connectivity index (χ2n) is 7.48. The SMILES string of the molecule is COc1ccc(/C=C2\Oc3c(C[NH+]4CCOCC4)c(O)cc(C)c3C2=O)c(OC)c1. The van der Waals surface area contributed by atoms with Crippen LogP contribution >= 0.6 is 0 Å². The molecule has 0 atom stereocenters. The van der Waals surface area contributed by atoms with Crippen LogP contribution in [0.3, 0.4) is 0 Å². The minimum absolute atomic E-state index is 0.154. The Balaban J connectivity index is 1.71. The summed E-state index contributed by atoms with van der Waals surface area (Å²) < 4.78 is 22.1. The Bertz CT molecular complexity index is 1010. The van der Waals surface area contributed by atoms with E-state index >= 15 is 0 Å². The molecule has 7 heteroatoms. The molecule has 2 heterocycles. The van der Waals surface area contributed by atoms with Crippen molar-refractivity contribution < 1.29 is 33.7 Å². The van der Waals surface area contributed by atoms with Gasteiger partial charge in [-0.25, -0.2) is 0 Å².